The summed E-state index contributed by atoms with van der Waals surface area (Å²) in [6.07, 6.45) is 0. The van der Waals surface area contributed by atoms with E-state index < -0.39 is 19.6 Å². The Balaban J connectivity index is 2.99. The van der Waals surface area contributed by atoms with Crippen molar-refractivity contribution < 1.29 is 16.0 Å². The van der Waals surface area contributed by atoms with Crippen molar-refractivity contribution in [3.63, 3.8) is 0 Å². The maximum atomic E-state index is 10.5. The zero-order valence-corrected chi connectivity index (χ0v) is 3.69. The second-order valence-electron chi connectivity index (χ2n) is 0.537. The van der Waals surface area contributed by atoms with Gasteiger partial charge in [-0.2, -0.15) is 0 Å². The maximum absolute atomic E-state index is 10.5. The van der Waals surface area contributed by atoms with Gasteiger partial charge in [-0.05, 0) is 0 Å². The molecule has 0 fully saturated rings. The van der Waals surface area contributed by atoms with Crippen LogP contribution >= 0.6 is 0 Å². The van der Waals surface area contributed by atoms with Gasteiger partial charge in [-0.25, -0.2) is 0 Å². The van der Waals surface area contributed by atoms with Crippen LogP contribution in [0.15, 0.2) is 0 Å². The summed E-state index contributed by atoms with van der Waals surface area (Å²) >= 11 is -4.74. The van der Waals surface area contributed by atoms with Crippen molar-refractivity contribution in [3.05, 3.63) is 0 Å². The smallest absolute Gasteiger partial charge is 0.358 e. The van der Waals surface area contributed by atoms with Gasteiger partial charge < -0.3 is 7.05 Å². The van der Waals surface area contributed by atoms with Crippen LogP contribution in [-0.2, 0) is 0 Å². The molecule has 0 aromatic rings. The van der Waals surface area contributed by atoms with E-state index >= 15 is 0 Å². The van der Waals surface area contributed by atoms with E-state index in [0.717, 1.165) is 0 Å². The second-order valence-corrected chi connectivity index (χ2v) is 1.48. The van der Waals surface area contributed by atoms with Gasteiger partial charge in [0.1, 0.15) is 0 Å². The molecule has 0 amide bonds. The molecule has 0 aliphatic rings. The lowest BCUT2D eigenvalue weighted by Gasteiger charge is -1.84. The second kappa shape index (κ2) is 2.40. The van der Waals surface area contributed by atoms with Crippen molar-refractivity contribution in [1.29, 1.82) is 0 Å². The standard InChI is InChI=1S/Al.F2N.2FH/c;1-3-2;;/h;;2*1H/q+3;-1;;/p-2. The molecular weight excluding hydrogens is 117 g/mol. The summed E-state index contributed by atoms with van der Waals surface area (Å²) in [4.78, 5) is 0. The van der Waals surface area contributed by atoms with Crippen molar-refractivity contribution in [2.24, 2.45) is 0 Å². The Labute approximate surface area is 36.6 Å². The van der Waals surface area contributed by atoms with Crippen LogP contribution < -0.4 is 0 Å². The third-order valence-corrected chi connectivity index (χ3v) is 0.443. The average Bonchev–Trinajstić information content (AvgIpc) is 1.36. The first-order chi connectivity index (χ1) is 2.64. The number of hydrogen-bond donors (Lipinski definition) is 0. The van der Waals surface area contributed by atoms with E-state index in [9.17, 15) is 16.0 Å². The molecule has 0 rings (SSSR count). The molecule has 36 valence electrons. The Morgan fingerprint density at radius 1 is 1.17 bits per heavy atom. The van der Waals surface area contributed by atoms with Crippen LogP contribution in [0, 0.1) is 0 Å². The molecule has 6 heavy (non-hydrogen) atoms. The van der Waals surface area contributed by atoms with E-state index in [1.807, 2.05) is 0 Å². The molecule has 0 bridgehead atoms. The molecule has 0 saturated carbocycles. The zero-order chi connectivity index (χ0) is 5.15. The largest absolute Gasteiger partial charge is 0.953 e. The number of rotatable bonds is 1. The molecule has 0 saturated heterocycles. The Morgan fingerprint density at radius 2 is 1.33 bits per heavy atom. The molecular formula is AlF4N. The molecule has 0 radical (unpaired) electrons. The van der Waals surface area contributed by atoms with Crippen LogP contribution in [0.2, 0.25) is 0 Å². The van der Waals surface area contributed by atoms with Crippen LogP contribution in [0.25, 0.3) is 0 Å². The minimum atomic E-state index is -4.74. The third-order valence-electron chi connectivity index (χ3n) is 0.148. The van der Waals surface area contributed by atoms with E-state index in [1.54, 1.807) is 0 Å². The summed E-state index contributed by atoms with van der Waals surface area (Å²) in [6, 6.07) is 0. The Morgan fingerprint density at radius 3 is 1.33 bits per heavy atom. The van der Waals surface area contributed by atoms with Crippen molar-refractivity contribution >= 4 is 15.3 Å². The van der Waals surface area contributed by atoms with E-state index in [0.29, 0.717) is 0 Å². The Bertz CT molecular complexity index is 28.5. The summed E-state index contributed by atoms with van der Waals surface area (Å²) < 4.78 is 39.5. The molecule has 0 unspecified atom stereocenters. The highest BCUT2D eigenvalue weighted by molar-refractivity contribution is 6.37. The summed E-state index contributed by atoms with van der Waals surface area (Å²) in [7, 11) is 0. The molecule has 0 atom stereocenters. The lowest BCUT2D eigenvalue weighted by molar-refractivity contribution is -0.0814. The van der Waals surface area contributed by atoms with Gasteiger partial charge in [0.15, 0.2) is 0 Å². The molecule has 1 nitrogen and oxygen atoms in total. The summed E-state index contributed by atoms with van der Waals surface area (Å²) in [6.45, 7) is 0. The van der Waals surface area contributed by atoms with Gasteiger partial charge in [-0.3, -0.25) is 0 Å². The lowest BCUT2D eigenvalue weighted by atomic mass is 13.6. The minimum absolute atomic E-state index is 2.03. The van der Waals surface area contributed by atoms with Gasteiger partial charge in [-0.15, -0.1) is 8.96 Å². The fourth-order valence-electron chi connectivity index (χ4n) is 0. The first kappa shape index (κ1) is 6.21. The predicted molar refractivity (Wildman–Crippen MR) is 12.0 cm³/mol. The summed E-state index contributed by atoms with van der Waals surface area (Å²) in [5.74, 6) is 0. The van der Waals surface area contributed by atoms with Crippen molar-refractivity contribution in [2.45, 2.75) is 0 Å². The van der Waals surface area contributed by atoms with Gasteiger partial charge in [0, 0.05) is 4.33 Å². The third kappa shape index (κ3) is 2.45. The minimum Gasteiger partial charge on any atom is -0.358 e. The van der Waals surface area contributed by atoms with Gasteiger partial charge in [0.25, 0.3) is 0 Å². The lowest BCUT2D eigenvalue weighted by Crippen LogP contribution is -2.13. The van der Waals surface area contributed by atoms with Gasteiger partial charge in [-0.1, -0.05) is 0 Å². The van der Waals surface area contributed by atoms with Crippen molar-refractivity contribution in [2.75, 3.05) is 0 Å². The van der Waals surface area contributed by atoms with Gasteiger partial charge >= 0.3 is 15.3 Å². The molecule has 0 aliphatic heterocycles. The first-order valence-corrected chi connectivity index (χ1v) is 2.42. The van der Waals surface area contributed by atoms with E-state index in [4.69, 9.17) is 0 Å². The molecule has 0 aliphatic carbocycles. The number of nitrogens with zero attached hydrogens (tertiary/aromatic N) is 1. The fraction of sp³-hybridized carbons (Fsp3) is 0. The predicted octanol–water partition coefficient (Wildman–Crippen LogP) is 0.981. The maximum Gasteiger partial charge on any atom is 0.953 e. The van der Waals surface area contributed by atoms with E-state index in [1.165, 1.54) is 0 Å². The molecule has 0 aromatic carbocycles. The van der Waals surface area contributed by atoms with Crippen LogP contribution in [-0.4, -0.2) is 19.6 Å². The highest BCUT2D eigenvalue weighted by Gasteiger charge is 2.35. The molecule has 0 aromatic heterocycles. The quantitative estimate of drug-likeness (QED) is 0.281. The molecule has 0 heterocycles. The molecule has 0 N–H and O–H groups in total. The Hall–Kier alpha value is 0.212. The zero-order valence-electron chi connectivity index (χ0n) is 2.54. The topological polar surface area (TPSA) is 3.24 Å². The number of halogens is 4. The van der Waals surface area contributed by atoms with E-state index in [2.05, 4.69) is 0 Å². The van der Waals surface area contributed by atoms with E-state index in [-0.39, 0.29) is 0 Å². The van der Waals surface area contributed by atoms with Crippen LogP contribution in [0.4, 0.5) is 16.0 Å². The molecule has 0 spiro atoms. The normalized spacial score (nSPS) is 9.50. The molecule has 6 heteroatoms. The Kier molecular flexibility index (Phi) is 2.48. The average molecular weight is 117 g/mol. The highest BCUT2D eigenvalue weighted by atomic mass is 27.3. The van der Waals surface area contributed by atoms with Crippen LogP contribution in [0.5, 0.6) is 0 Å². The highest BCUT2D eigenvalue weighted by Crippen LogP contribution is 1.96. The monoisotopic (exact) mass is 117 g/mol. The summed E-state index contributed by atoms with van der Waals surface area (Å²) in [5, 5.41) is 0. The SMILES string of the molecule is F[N](F)[Al]([F])[F]. The van der Waals surface area contributed by atoms with Crippen molar-refractivity contribution in [1.82, 2.24) is 4.33 Å². The van der Waals surface area contributed by atoms with Gasteiger partial charge in [0.2, 0.25) is 0 Å². The van der Waals surface area contributed by atoms with Crippen LogP contribution in [0.1, 0.15) is 0 Å². The van der Waals surface area contributed by atoms with Crippen LogP contribution in [0.3, 0.4) is 0 Å². The first-order valence-electron chi connectivity index (χ1n) is 1.03. The number of hydrogen-bond acceptors (Lipinski definition) is 1. The van der Waals surface area contributed by atoms with Gasteiger partial charge in [0.05, 0.1) is 0 Å². The summed E-state index contributed by atoms with van der Waals surface area (Å²) in [5.41, 5.74) is 0. The van der Waals surface area contributed by atoms with Crippen molar-refractivity contribution in [3.8, 4) is 0 Å². The fourth-order valence-corrected chi connectivity index (χ4v) is 0.